The van der Waals surface area contributed by atoms with E-state index in [-0.39, 0.29) is 10.9 Å². The van der Waals surface area contributed by atoms with E-state index in [1.807, 2.05) is 63.2 Å². The van der Waals surface area contributed by atoms with E-state index in [0.717, 1.165) is 46.4 Å². The van der Waals surface area contributed by atoms with Gasteiger partial charge in [0.05, 0.1) is 27.9 Å². The predicted octanol–water partition coefficient (Wildman–Crippen LogP) is 6.25. The molecule has 4 aromatic rings. The monoisotopic (exact) mass is 576 g/mol. The Kier molecular flexibility index (Phi) is 8.30. The van der Waals surface area contributed by atoms with Crippen molar-refractivity contribution in [2.24, 2.45) is 5.10 Å². The maximum atomic E-state index is 13.8. The first-order valence-electron chi connectivity index (χ1n) is 13.4. The normalized spacial score (nSPS) is 16.4. The molecule has 10 heteroatoms. The van der Waals surface area contributed by atoms with Gasteiger partial charge >= 0.3 is 0 Å². The number of hydrogen-bond donors (Lipinski definition) is 0. The molecule has 208 valence electrons. The van der Waals surface area contributed by atoms with Crippen molar-refractivity contribution in [1.29, 1.82) is 0 Å². The first kappa shape index (κ1) is 27.9. The summed E-state index contributed by atoms with van der Waals surface area (Å²) < 4.78 is 34.6. The summed E-state index contributed by atoms with van der Waals surface area (Å²) in [5.74, 6) is 0.344. The number of hydrogen-bond acceptors (Lipinski definition) is 7. The van der Waals surface area contributed by atoms with Gasteiger partial charge in [-0.1, -0.05) is 23.8 Å². The van der Waals surface area contributed by atoms with Gasteiger partial charge in [0.2, 0.25) is 15.2 Å². The van der Waals surface area contributed by atoms with Crippen LogP contribution in [0.15, 0.2) is 76.7 Å². The highest BCUT2D eigenvalue weighted by Gasteiger charge is 2.31. The molecule has 1 atom stereocenters. The number of sulfonamides is 1. The minimum Gasteiger partial charge on any atom is -0.494 e. The van der Waals surface area contributed by atoms with Gasteiger partial charge in [-0.25, -0.2) is 13.4 Å². The highest BCUT2D eigenvalue weighted by atomic mass is 32.2. The summed E-state index contributed by atoms with van der Waals surface area (Å²) in [5.41, 5.74) is 2.97. The second-order valence-corrected chi connectivity index (χ2v) is 12.7. The Bertz CT molecular complexity index is 1630. The second kappa shape index (κ2) is 11.9. The molecular weight excluding hydrogens is 544 g/mol. The van der Waals surface area contributed by atoms with E-state index in [1.54, 1.807) is 22.7 Å². The molecule has 8 nitrogen and oxygen atoms in total. The van der Waals surface area contributed by atoms with E-state index in [9.17, 15) is 13.2 Å². The SMILES string of the molecule is CCOc1ccc(/C=N/N(C(=O)c2ccc(S(=O)(=O)N3CCCCC3C)cc2)c2nc3ccc(C)cc3s2)cc1. The van der Waals surface area contributed by atoms with Crippen LogP contribution in [-0.4, -0.2) is 49.0 Å². The molecule has 1 aliphatic rings. The number of ether oxygens (including phenoxy) is 1. The Labute approximate surface area is 239 Å². The first-order valence-corrected chi connectivity index (χ1v) is 15.6. The summed E-state index contributed by atoms with van der Waals surface area (Å²) in [6.45, 7) is 6.95. The molecular formula is C30H32N4O4S2. The Morgan fingerprint density at radius 1 is 1.12 bits per heavy atom. The van der Waals surface area contributed by atoms with Crippen molar-refractivity contribution >= 4 is 48.8 Å². The maximum absolute atomic E-state index is 13.8. The molecule has 1 aromatic heterocycles. The molecule has 1 aliphatic heterocycles. The maximum Gasteiger partial charge on any atom is 0.280 e. The van der Waals surface area contributed by atoms with E-state index in [0.29, 0.717) is 23.8 Å². The molecule has 1 saturated heterocycles. The average molecular weight is 577 g/mol. The number of aryl methyl sites for hydroxylation is 1. The quantitative estimate of drug-likeness (QED) is 0.183. The van der Waals surface area contributed by atoms with Gasteiger partial charge in [-0.05, 0) is 105 Å². The van der Waals surface area contributed by atoms with Crippen LogP contribution >= 0.6 is 11.3 Å². The Hall–Kier alpha value is -3.60. The van der Waals surface area contributed by atoms with Gasteiger partial charge in [0.1, 0.15) is 5.75 Å². The van der Waals surface area contributed by atoms with Gasteiger partial charge in [0.25, 0.3) is 5.91 Å². The van der Waals surface area contributed by atoms with Crippen LogP contribution in [-0.2, 0) is 10.0 Å². The number of benzene rings is 3. The van der Waals surface area contributed by atoms with Crippen molar-refractivity contribution in [2.75, 3.05) is 18.2 Å². The number of anilines is 1. The minimum absolute atomic E-state index is 0.0461. The summed E-state index contributed by atoms with van der Waals surface area (Å²) in [5, 5.41) is 6.22. The zero-order valence-electron chi connectivity index (χ0n) is 22.8. The number of rotatable bonds is 8. The zero-order chi connectivity index (χ0) is 28.3. The molecule has 0 radical (unpaired) electrons. The highest BCUT2D eigenvalue weighted by Crippen LogP contribution is 2.31. The molecule has 1 fully saturated rings. The van der Waals surface area contributed by atoms with Crippen LogP contribution in [0, 0.1) is 6.92 Å². The molecule has 1 amide bonds. The van der Waals surface area contributed by atoms with Crippen LogP contribution in [0.4, 0.5) is 5.13 Å². The number of carbonyl (C=O) groups is 1. The van der Waals surface area contributed by atoms with E-state index in [2.05, 4.69) is 10.1 Å². The fourth-order valence-electron chi connectivity index (χ4n) is 4.70. The van der Waals surface area contributed by atoms with Crippen molar-refractivity contribution in [3.8, 4) is 5.75 Å². The summed E-state index contributed by atoms with van der Waals surface area (Å²) in [4.78, 5) is 18.6. The number of thiazole rings is 1. The van der Waals surface area contributed by atoms with Crippen LogP contribution in [0.25, 0.3) is 10.2 Å². The molecule has 3 aromatic carbocycles. The van der Waals surface area contributed by atoms with Gasteiger partial charge in [0.15, 0.2) is 0 Å². The fourth-order valence-corrected chi connectivity index (χ4v) is 7.42. The smallest absolute Gasteiger partial charge is 0.280 e. The third-order valence-corrected chi connectivity index (χ3v) is 9.89. The fraction of sp³-hybridized carbons (Fsp3) is 0.300. The van der Waals surface area contributed by atoms with E-state index in [1.165, 1.54) is 28.5 Å². The van der Waals surface area contributed by atoms with Gasteiger partial charge in [-0.15, -0.1) is 0 Å². The number of aromatic nitrogens is 1. The first-order chi connectivity index (χ1) is 19.3. The largest absolute Gasteiger partial charge is 0.494 e. The Morgan fingerprint density at radius 2 is 1.88 bits per heavy atom. The second-order valence-electron chi connectivity index (χ2n) is 9.82. The van der Waals surface area contributed by atoms with Crippen LogP contribution < -0.4 is 9.75 Å². The van der Waals surface area contributed by atoms with Crippen molar-refractivity contribution in [2.45, 2.75) is 51.0 Å². The third kappa shape index (κ3) is 5.94. The molecule has 5 rings (SSSR count). The zero-order valence-corrected chi connectivity index (χ0v) is 24.4. The van der Waals surface area contributed by atoms with Crippen molar-refractivity contribution in [1.82, 2.24) is 9.29 Å². The minimum atomic E-state index is -3.64. The predicted molar refractivity (Wildman–Crippen MR) is 160 cm³/mol. The number of amides is 1. The molecule has 1 unspecified atom stereocenters. The molecule has 0 aliphatic carbocycles. The number of carbonyl (C=O) groups excluding carboxylic acids is 1. The van der Waals surface area contributed by atoms with E-state index in [4.69, 9.17) is 4.74 Å². The Morgan fingerprint density at radius 3 is 2.58 bits per heavy atom. The molecule has 0 N–H and O–H groups in total. The van der Waals surface area contributed by atoms with Gasteiger partial charge in [-0.2, -0.15) is 14.4 Å². The number of piperidine rings is 1. The number of hydrazone groups is 1. The van der Waals surface area contributed by atoms with Crippen LogP contribution in [0.5, 0.6) is 5.75 Å². The average Bonchev–Trinajstić information content (AvgIpc) is 3.37. The van der Waals surface area contributed by atoms with Crippen LogP contribution in [0.2, 0.25) is 0 Å². The van der Waals surface area contributed by atoms with E-state index >= 15 is 0 Å². The van der Waals surface area contributed by atoms with E-state index < -0.39 is 15.9 Å². The molecule has 0 spiro atoms. The summed E-state index contributed by atoms with van der Waals surface area (Å²) >= 11 is 1.37. The lowest BCUT2D eigenvalue weighted by Gasteiger charge is -2.32. The lowest BCUT2D eigenvalue weighted by Crippen LogP contribution is -2.41. The van der Waals surface area contributed by atoms with Crippen molar-refractivity contribution < 1.29 is 17.9 Å². The number of nitrogens with zero attached hydrogens (tertiary/aromatic N) is 4. The Balaban J connectivity index is 1.46. The van der Waals surface area contributed by atoms with Gasteiger partial charge in [0, 0.05) is 18.2 Å². The summed E-state index contributed by atoms with van der Waals surface area (Å²) in [7, 11) is -3.64. The third-order valence-electron chi connectivity index (χ3n) is 6.87. The van der Waals surface area contributed by atoms with Crippen LogP contribution in [0.1, 0.15) is 54.6 Å². The summed E-state index contributed by atoms with van der Waals surface area (Å²) in [6, 6.07) is 19.4. The van der Waals surface area contributed by atoms with Gasteiger partial charge < -0.3 is 4.74 Å². The van der Waals surface area contributed by atoms with Crippen molar-refractivity contribution in [3.63, 3.8) is 0 Å². The lowest BCUT2D eigenvalue weighted by molar-refractivity contribution is 0.0987. The summed E-state index contributed by atoms with van der Waals surface area (Å²) in [6.07, 6.45) is 4.32. The molecule has 40 heavy (non-hydrogen) atoms. The molecule has 2 heterocycles. The van der Waals surface area contributed by atoms with Crippen LogP contribution in [0.3, 0.4) is 0 Å². The van der Waals surface area contributed by atoms with Crippen molar-refractivity contribution in [3.05, 3.63) is 83.4 Å². The molecule has 0 saturated carbocycles. The standard InChI is InChI=1S/C30H32N4O4S2/c1-4-38-25-13-9-23(10-14-25)20-31-34(30-32-27-17-8-21(2)19-28(27)39-30)29(35)24-11-15-26(16-12-24)40(36,37)33-18-6-5-7-22(33)3/h8-17,19-20,22H,4-7,18H2,1-3H3/b31-20+. The number of fused-ring (bicyclic) bond motifs is 1. The highest BCUT2D eigenvalue weighted by molar-refractivity contribution is 7.89. The molecule has 0 bridgehead atoms. The topological polar surface area (TPSA) is 92.2 Å². The lowest BCUT2D eigenvalue weighted by atomic mass is 10.1. The van der Waals surface area contributed by atoms with Gasteiger partial charge in [-0.3, -0.25) is 4.79 Å².